The number of urea groups is 1. The summed E-state index contributed by atoms with van der Waals surface area (Å²) in [5, 5.41) is 3.04. The van der Waals surface area contributed by atoms with E-state index in [9.17, 15) is 4.79 Å². The number of hydrogen-bond donors (Lipinski definition) is 2. The molecule has 1 unspecified atom stereocenters. The summed E-state index contributed by atoms with van der Waals surface area (Å²) < 4.78 is 5.82. The van der Waals surface area contributed by atoms with Gasteiger partial charge in [0, 0.05) is 18.7 Å². The number of quaternary nitrogens is 1. The molecule has 0 aromatic heterocycles. The molecule has 2 aromatic carbocycles. The van der Waals surface area contributed by atoms with Gasteiger partial charge >= 0.3 is 6.03 Å². The van der Waals surface area contributed by atoms with Crippen LogP contribution in [0.25, 0.3) is 0 Å². The smallest absolute Gasteiger partial charge is 0.322 e. The number of carbonyl (C=O) groups excluding carboxylic acids is 1. The third kappa shape index (κ3) is 5.99. The first-order valence-electron chi connectivity index (χ1n) is 10.3. The Bertz CT molecular complexity index is 731. The molecule has 0 spiro atoms. The second-order valence-corrected chi connectivity index (χ2v) is 7.71. The molecule has 2 N–H and O–H groups in total. The van der Waals surface area contributed by atoms with Crippen LogP contribution in [-0.2, 0) is 0 Å². The van der Waals surface area contributed by atoms with E-state index in [0.29, 0.717) is 12.5 Å². The van der Waals surface area contributed by atoms with Crippen molar-refractivity contribution in [2.75, 3.05) is 44.6 Å². The largest absolute Gasteiger partial charge is 0.488 e. The van der Waals surface area contributed by atoms with Gasteiger partial charge in [-0.25, -0.2) is 4.79 Å². The van der Waals surface area contributed by atoms with Crippen molar-refractivity contribution >= 4 is 11.7 Å². The molecule has 3 rings (SSSR count). The first-order valence-corrected chi connectivity index (χ1v) is 10.3. The lowest BCUT2D eigenvalue weighted by Crippen LogP contribution is -3.13. The molecule has 1 aliphatic heterocycles. The number of anilines is 1. The Labute approximate surface area is 168 Å². The SMILES string of the molecule is CC(C)c1ccc(NC(=O)N2CCC[NH+](CCOc3ccccc3)CC2)cc1. The molecule has 28 heavy (non-hydrogen) atoms. The number of nitrogens with zero attached hydrogens (tertiary/aromatic N) is 1. The van der Waals surface area contributed by atoms with Gasteiger partial charge in [0.05, 0.1) is 19.6 Å². The summed E-state index contributed by atoms with van der Waals surface area (Å²) in [5.41, 5.74) is 2.14. The highest BCUT2D eigenvalue weighted by atomic mass is 16.5. The Morgan fingerprint density at radius 2 is 1.82 bits per heavy atom. The van der Waals surface area contributed by atoms with Crippen LogP contribution in [0.15, 0.2) is 54.6 Å². The first-order chi connectivity index (χ1) is 13.6. The molecule has 0 aliphatic carbocycles. The van der Waals surface area contributed by atoms with Crippen LogP contribution in [0.1, 0.15) is 31.7 Å². The van der Waals surface area contributed by atoms with Crippen molar-refractivity contribution < 1.29 is 14.4 Å². The van der Waals surface area contributed by atoms with Crippen molar-refractivity contribution in [2.24, 2.45) is 0 Å². The normalized spacial score (nSPS) is 17.2. The Morgan fingerprint density at radius 3 is 2.54 bits per heavy atom. The van der Waals surface area contributed by atoms with Gasteiger partial charge in [-0.3, -0.25) is 0 Å². The van der Waals surface area contributed by atoms with Crippen molar-refractivity contribution in [2.45, 2.75) is 26.2 Å². The monoisotopic (exact) mass is 382 g/mol. The molecule has 1 aliphatic rings. The van der Waals surface area contributed by atoms with Gasteiger partial charge in [-0.1, -0.05) is 44.2 Å². The van der Waals surface area contributed by atoms with Crippen LogP contribution in [0.4, 0.5) is 10.5 Å². The summed E-state index contributed by atoms with van der Waals surface area (Å²) in [4.78, 5) is 16.1. The zero-order valence-corrected chi connectivity index (χ0v) is 17.0. The zero-order chi connectivity index (χ0) is 19.8. The predicted molar refractivity (Wildman–Crippen MR) is 113 cm³/mol. The lowest BCUT2D eigenvalue weighted by atomic mass is 10.0. The maximum absolute atomic E-state index is 12.6. The van der Waals surface area contributed by atoms with Gasteiger partial charge in [-0.2, -0.15) is 0 Å². The fourth-order valence-corrected chi connectivity index (χ4v) is 3.49. The molecule has 1 saturated heterocycles. The summed E-state index contributed by atoms with van der Waals surface area (Å²) >= 11 is 0. The lowest BCUT2D eigenvalue weighted by Gasteiger charge is -2.21. The summed E-state index contributed by atoms with van der Waals surface area (Å²) in [7, 11) is 0. The number of nitrogens with one attached hydrogen (secondary N) is 2. The number of hydrogen-bond acceptors (Lipinski definition) is 2. The van der Waals surface area contributed by atoms with Crippen LogP contribution < -0.4 is 15.0 Å². The van der Waals surface area contributed by atoms with E-state index in [4.69, 9.17) is 4.74 Å². The maximum Gasteiger partial charge on any atom is 0.322 e. The van der Waals surface area contributed by atoms with Crippen molar-refractivity contribution in [3.63, 3.8) is 0 Å². The van der Waals surface area contributed by atoms with Gasteiger partial charge in [0.25, 0.3) is 0 Å². The van der Waals surface area contributed by atoms with E-state index in [-0.39, 0.29) is 6.03 Å². The lowest BCUT2D eigenvalue weighted by molar-refractivity contribution is -0.898. The number of rotatable bonds is 6. The summed E-state index contributed by atoms with van der Waals surface area (Å²) in [5.74, 6) is 1.41. The molecule has 5 nitrogen and oxygen atoms in total. The minimum Gasteiger partial charge on any atom is -0.488 e. The highest BCUT2D eigenvalue weighted by Gasteiger charge is 2.21. The molecule has 1 fully saturated rings. The van der Waals surface area contributed by atoms with Gasteiger partial charge in [0.15, 0.2) is 0 Å². The molecule has 150 valence electrons. The van der Waals surface area contributed by atoms with E-state index in [2.05, 4.69) is 31.3 Å². The predicted octanol–water partition coefficient (Wildman–Crippen LogP) is 3.01. The third-order valence-electron chi connectivity index (χ3n) is 5.28. The van der Waals surface area contributed by atoms with E-state index in [1.54, 1.807) is 0 Å². The fraction of sp³-hybridized carbons (Fsp3) is 0.435. The maximum atomic E-state index is 12.6. The summed E-state index contributed by atoms with van der Waals surface area (Å²) in [6, 6.07) is 18.1. The quantitative estimate of drug-likeness (QED) is 0.807. The third-order valence-corrected chi connectivity index (χ3v) is 5.28. The van der Waals surface area contributed by atoms with Gasteiger partial charge in [0.2, 0.25) is 0 Å². The molecular formula is C23H32N3O2+. The number of ether oxygens (including phenoxy) is 1. The number of benzene rings is 2. The molecule has 2 amide bonds. The van der Waals surface area contributed by atoms with Gasteiger partial charge in [-0.15, -0.1) is 0 Å². The minimum absolute atomic E-state index is 0.000850. The Hall–Kier alpha value is -2.53. The standard InChI is InChI=1S/C23H31N3O2/c1-19(2)20-9-11-21(12-10-20)24-23(27)26-14-6-13-25(15-16-26)17-18-28-22-7-4-3-5-8-22/h3-5,7-12,19H,6,13-18H2,1-2H3,(H,24,27)/p+1. The first kappa shape index (κ1) is 20.2. The van der Waals surface area contributed by atoms with Gasteiger partial charge in [-0.05, 0) is 35.7 Å². The number of para-hydroxylation sites is 1. The Morgan fingerprint density at radius 1 is 1.07 bits per heavy atom. The average molecular weight is 383 g/mol. The Kier molecular flexibility index (Phi) is 7.31. The zero-order valence-electron chi connectivity index (χ0n) is 17.0. The number of amides is 2. The molecule has 0 saturated carbocycles. The van der Waals surface area contributed by atoms with Crippen LogP contribution in [0.2, 0.25) is 0 Å². The fourth-order valence-electron chi connectivity index (χ4n) is 3.49. The van der Waals surface area contributed by atoms with Crippen molar-refractivity contribution in [1.82, 2.24) is 4.90 Å². The summed E-state index contributed by atoms with van der Waals surface area (Å²) in [6.07, 6.45) is 1.01. The van der Waals surface area contributed by atoms with E-state index < -0.39 is 0 Å². The molecule has 2 aromatic rings. The second-order valence-electron chi connectivity index (χ2n) is 7.71. The van der Waals surface area contributed by atoms with Crippen LogP contribution in [0.3, 0.4) is 0 Å². The second kappa shape index (κ2) is 10.1. The van der Waals surface area contributed by atoms with E-state index in [1.165, 1.54) is 10.5 Å². The minimum atomic E-state index is -0.000850. The topological polar surface area (TPSA) is 46.0 Å². The van der Waals surface area contributed by atoms with Crippen LogP contribution in [0, 0.1) is 0 Å². The summed E-state index contributed by atoms with van der Waals surface area (Å²) in [6.45, 7) is 9.61. The van der Waals surface area contributed by atoms with Crippen LogP contribution >= 0.6 is 0 Å². The van der Waals surface area contributed by atoms with E-state index in [1.807, 2.05) is 47.4 Å². The van der Waals surface area contributed by atoms with Crippen molar-refractivity contribution in [3.05, 3.63) is 60.2 Å². The van der Waals surface area contributed by atoms with Gasteiger partial charge < -0.3 is 19.9 Å². The van der Waals surface area contributed by atoms with Crippen molar-refractivity contribution in [3.8, 4) is 5.75 Å². The number of carbonyl (C=O) groups is 1. The van der Waals surface area contributed by atoms with Crippen LogP contribution in [0.5, 0.6) is 5.75 Å². The van der Waals surface area contributed by atoms with E-state index in [0.717, 1.165) is 50.6 Å². The molecular weight excluding hydrogens is 350 g/mol. The van der Waals surface area contributed by atoms with Crippen molar-refractivity contribution in [1.29, 1.82) is 0 Å². The Balaban J connectivity index is 1.43. The molecule has 1 heterocycles. The molecule has 0 radical (unpaired) electrons. The average Bonchev–Trinajstić information content (AvgIpc) is 2.95. The van der Waals surface area contributed by atoms with Crippen LogP contribution in [-0.4, -0.2) is 50.3 Å². The molecule has 1 atom stereocenters. The van der Waals surface area contributed by atoms with E-state index >= 15 is 0 Å². The highest BCUT2D eigenvalue weighted by Crippen LogP contribution is 2.17. The van der Waals surface area contributed by atoms with Gasteiger partial charge in [0.1, 0.15) is 18.9 Å². The highest BCUT2D eigenvalue weighted by molar-refractivity contribution is 5.89. The molecule has 5 heteroatoms. The molecule has 0 bridgehead atoms.